The second-order valence-corrected chi connectivity index (χ2v) is 6.36. The molecule has 1 amide bonds. The molecule has 20 heavy (non-hydrogen) atoms. The Morgan fingerprint density at radius 3 is 2.70 bits per heavy atom. The predicted octanol–water partition coefficient (Wildman–Crippen LogP) is 4.02. The highest BCUT2D eigenvalue weighted by Gasteiger charge is 2.19. The Morgan fingerprint density at radius 1 is 1.35 bits per heavy atom. The molecule has 0 saturated heterocycles. The number of carbonyl (C=O) groups is 1. The van der Waals surface area contributed by atoms with Gasteiger partial charge in [0.15, 0.2) is 0 Å². The van der Waals surface area contributed by atoms with Crippen LogP contribution in [0.2, 0.25) is 0 Å². The molecule has 112 valence electrons. The fourth-order valence-corrected chi connectivity index (χ4v) is 2.26. The maximum absolute atomic E-state index is 12.3. The van der Waals surface area contributed by atoms with E-state index in [9.17, 15) is 4.79 Å². The van der Waals surface area contributed by atoms with Crippen molar-refractivity contribution < 1.29 is 9.53 Å². The summed E-state index contributed by atoms with van der Waals surface area (Å²) in [5, 5.41) is 4.01. The molecule has 0 aromatic heterocycles. The fraction of sp³-hybridized carbons (Fsp3) is 0.562. The van der Waals surface area contributed by atoms with E-state index in [1.165, 1.54) is 0 Å². The summed E-state index contributed by atoms with van der Waals surface area (Å²) in [7, 11) is 0. The molecule has 3 nitrogen and oxygen atoms in total. The first-order chi connectivity index (χ1) is 9.50. The van der Waals surface area contributed by atoms with Crippen LogP contribution < -0.4 is 10.1 Å². The zero-order valence-corrected chi connectivity index (χ0v) is 14.1. The van der Waals surface area contributed by atoms with Gasteiger partial charge >= 0.3 is 0 Å². The smallest absolute Gasteiger partial charge is 0.255 e. The number of para-hydroxylation sites is 1. The number of hydrogen-bond donors (Lipinski definition) is 1. The van der Waals surface area contributed by atoms with Gasteiger partial charge in [0.05, 0.1) is 12.2 Å². The van der Waals surface area contributed by atoms with Crippen LogP contribution in [0.25, 0.3) is 0 Å². The minimum absolute atomic E-state index is 0.0685. The molecular weight excluding hydrogens is 318 g/mol. The molecule has 1 rings (SSSR count). The van der Waals surface area contributed by atoms with E-state index in [4.69, 9.17) is 4.74 Å². The van der Waals surface area contributed by atoms with Crippen molar-refractivity contribution in [3.05, 3.63) is 29.8 Å². The van der Waals surface area contributed by atoms with Crippen molar-refractivity contribution in [2.75, 3.05) is 18.5 Å². The Hall–Kier alpha value is -1.03. The first kappa shape index (κ1) is 17.0. The summed E-state index contributed by atoms with van der Waals surface area (Å²) in [6.45, 7) is 7.48. The summed E-state index contributed by atoms with van der Waals surface area (Å²) in [4.78, 5) is 12.3. The van der Waals surface area contributed by atoms with Crippen molar-refractivity contribution in [3.8, 4) is 5.75 Å². The van der Waals surface area contributed by atoms with E-state index >= 15 is 0 Å². The monoisotopic (exact) mass is 341 g/mol. The normalized spacial score (nSPS) is 11.2. The van der Waals surface area contributed by atoms with Crippen LogP contribution in [0.4, 0.5) is 0 Å². The minimum Gasteiger partial charge on any atom is -0.493 e. The summed E-state index contributed by atoms with van der Waals surface area (Å²) in [5.74, 6) is 0.576. The van der Waals surface area contributed by atoms with E-state index in [0.717, 1.165) is 18.2 Å². The zero-order chi connectivity index (χ0) is 15.0. The predicted molar refractivity (Wildman–Crippen MR) is 86.8 cm³/mol. The van der Waals surface area contributed by atoms with Gasteiger partial charge in [-0.05, 0) is 37.3 Å². The number of carbonyl (C=O) groups excluding carboxylic acids is 1. The molecule has 0 aliphatic rings. The van der Waals surface area contributed by atoms with Crippen molar-refractivity contribution in [1.82, 2.24) is 5.32 Å². The largest absolute Gasteiger partial charge is 0.493 e. The number of ether oxygens (including phenoxy) is 1. The summed E-state index contributed by atoms with van der Waals surface area (Å²) in [5.41, 5.74) is 0.704. The molecule has 1 aromatic rings. The molecule has 0 atom stereocenters. The third kappa shape index (κ3) is 5.53. The Kier molecular flexibility index (Phi) is 7.06. The zero-order valence-electron chi connectivity index (χ0n) is 12.5. The third-order valence-electron chi connectivity index (χ3n) is 3.15. The van der Waals surface area contributed by atoms with Crippen LogP contribution in [-0.4, -0.2) is 24.4 Å². The number of nitrogens with one attached hydrogen (secondary N) is 1. The van der Waals surface area contributed by atoms with Gasteiger partial charge < -0.3 is 10.1 Å². The van der Waals surface area contributed by atoms with E-state index in [-0.39, 0.29) is 11.3 Å². The van der Waals surface area contributed by atoms with Gasteiger partial charge in [-0.3, -0.25) is 4.79 Å². The maximum atomic E-state index is 12.3. The van der Waals surface area contributed by atoms with Crippen molar-refractivity contribution >= 4 is 21.8 Å². The standard InChI is InChI=1S/C16H24BrNO2/c1-4-20-14-9-6-5-8-13(14)15(19)18-12-16(2,3)10-7-11-17/h5-6,8-9H,4,7,10-12H2,1-3H3,(H,18,19). The number of rotatable bonds is 8. The number of amides is 1. The fourth-order valence-electron chi connectivity index (χ4n) is 1.98. The highest BCUT2D eigenvalue weighted by molar-refractivity contribution is 9.09. The Bertz CT molecular complexity index is 432. The molecule has 0 saturated carbocycles. The first-order valence-electron chi connectivity index (χ1n) is 7.06. The Balaban J connectivity index is 2.63. The average Bonchev–Trinajstić information content (AvgIpc) is 2.44. The average molecular weight is 342 g/mol. The van der Waals surface area contributed by atoms with E-state index in [1.54, 1.807) is 6.07 Å². The van der Waals surface area contributed by atoms with Crippen LogP contribution in [0, 0.1) is 5.41 Å². The summed E-state index contributed by atoms with van der Waals surface area (Å²) < 4.78 is 5.49. The van der Waals surface area contributed by atoms with Gasteiger partial charge in [-0.1, -0.05) is 41.9 Å². The van der Waals surface area contributed by atoms with Gasteiger partial charge in [0.2, 0.25) is 0 Å². The van der Waals surface area contributed by atoms with Crippen LogP contribution in [-0.2, 0) is 0 Å². The Morgan fingerprint density at radius 2 is 2.05 bits per heavy atom. The van der Waals surface area contributed by atoms with Crippen LogP contribution >= 0.6 is 15.9 Å². The molecule has 1 N–H and O–H groups in total. The molecule has 0 heterocycles. The molecule has 0 spiro atoms. The molecule has 0 aliphatic carbocycles. The highest BCUT2D eigenvalue weighted by atomic mass is 79.9. The highest BCUT2D eigenvalue weighted by Crippen LogP contribution is 2.23. The lowest BCUT2D eigenvalue weighted by atomic mass is 9.88. The van der Waals surface area contributed by atoms with Crippen LogP contribution in [0.1, 0.15) is 44.0 Å². The summed E-state index contributed by atoms with van der Waals surface area (Å²) >= 11 is 3.44. The molecular formula is C16H24BrNO2. The number of alkyl halides is 1. The van der Waals surface area contributed by atoms with Gasteiger partial charge in [0.1, 0.15) is 5.75 Å². The van der Waals surface area contributed by atoms with E-state index in [2.05, 4.69) is 35.1 Å². The Labute approximate surface area is 130 Å². The van der Waals surface area contributed by atoms with Gasteiger partial charge in [0, 0.05) is 11.9 Å². The molecule has 0 bridgehead atoms. The molecule has 0 aliphatic heterocycles. The minimum atomic E-state index is -0.0685. The van der Waals surface area contributed by atoms with E-state index < -0.39 is 0 Å². The third-order valence-corrected chi connectivity index (χ3v) is 3.71. The molecule has 0 radical (unpaired) electrons. The van der Waals surface area contributed by atoms with Crippen LogP contribution in [0.3, 0.4) is 0 Å². The topological polar surface area (TPSA) is 38.3 Å². The molecule has 0 unspecified atom stereocenters. The van der Waals surface area contributed by atoms with Crippen molar-refractivity contribution in [2.24, 2.45) is 5.41 Å². The lowest BCUT2D eigenvalue weighted by Crippen LogP contribution is -2.34. The molecule has 4 heteroatoms. The van der Waals surface area contributed by atoms with Crippen molar-refractivity contribution in [3.63, 3.8) is 0 Å². The molecule has 1 aromatic carbocycles. The van der Waals surface area contributed by atoms with Gasteiger partial charge in [-0.25, -0.2) is 0 Å². The molecule has 0 fully saturated rings. The van der Waals surface area contributed by atoms with Crippen LogP contribution in [0.15, 0.2) is 24.3 Å². The van der Waals surface area contributed by atoms with E-state index in [0.29, 0.717) is 24.5 Å². The van der Waals surface area contributed by atoms with Gasteiger partial charge in [-0.15, -0.1) is 0 Å². The number of hydrogen-bond acceptors (Lipinski definition) is 2. The summed E-state index contributed by atoms with van der Waals surface area (Å²) in [6, 6.07) is 7.36. The lowest BCUT2D eigenvalue weighted by molar-refractivity contribution is 0.0930. The lowest BCUT2D eigenvalue weighted by Gasteiger charge is -2.24. The number of benzene rings is 1. The number of halogens is 1. The summed E-state index contributed by atoms with van der Waals surface area (Å²) in [6.07, 6.45) is 2.18. The second kappa shape index (κ2) is 8.30. The first-order valence-corrected chi connectivity index (χ1v) is 8.18. The quantitative estimate of drug-likeness (QED) is 0.725. The second-order valence-electron chi connectivity index (χ2n) is 5.57. The SMILES string of the molecule is CCOc1ccccc1C(=O)NCC(C)(C)CCCBr. The van der Waals surface area contributed by atoms with Crippen LogP contribution in [0.5, 0.6) is 5.75 Å². The van der Waals surface area contributed by atoms with Gasteiger partial charge in [0.25, 0.3) is 5.91 Å². The van der Waals surface area contributed by atoms with Crippen molar-refractivity contribution in [2.45, 2.75) is 33.6 Å². The maximum Gasteiger partial charge on any atom is 0.255 e. The van der Waals surface area contributed by atoms with Gasteiger partial charge in [-0.2, -0.15) is 0 Å². The van der Waals surface area contributed by atoms with E-state index in [1.807, 2.05) is 25.1 Å². The van der Waals surface area contributed by atoms with Crippen molar-refractivity contribution in [1.29, 1.82) is 0 Å².